The molecule has 0 amide bonds. The number of hydrogen-bond donors (Lipinski definition) is 1. The van der Waals surface area contributed by atoms with E-state index in [-0.39, 0.29) is 23.6 Å². The van der Waals surface area contributed by atoms with E-state index in [9.17, 15) is 18.9 Å². The van der Waals surface area contributed by atoms with Crippen LogP contribution in [0.1, 0.15) is 5.56 Å². The lowest BCUT2D eigenvalue weighted by Gasteiger charge is -2.07. The van der Waals surface area contributed by atoms with Crippen molar-refractivity contribution < 1.29 is 13.7 Å². The third-order valence-corrected chi connectivity index (χ3v) is 2.57. The number of anilines is 1. The first-order valence-electron chi connectivity index (χ1n) is 5.48. The van der Waals surface area contributed by atoms with Crippen LogP contribution in [0.2, 0.25) is 0 Å². The molecule has 0 radical (unpaired) electrons. The van der Waals surface area contributed by atoms with Crippen LogP contribution < -0.4 is 5.32 Å². The zero-order valence-electron chi connectivity index (χ0n) is 9.77. The van der Waals surface area contributed by atoms with Gasteiger partial charge in [-0.2, -0.15) is 0 Å². The molecular weight excluding hydrogens is 254 g/mol. The standard InChI is InChI=1S/C13H10F2N2O2/c14-10-1-4-12(5-2-10)16-8-9-7-11(15)3-6-13(9)17(18)19/h1-7,16H,8H2. The van der Waals surface area contributed by atoms with Crippen LogP contribution >= 0.6 is 0 Å². The highest BCUT2D eigenvalue weighted by Gasteiger charge is 2.13. The molecule has 0 heterocycles. The summed E-state index contributed by atoms with van der Waals surface area (Å²) in [6, 6.07) is 8.80. The number of nitro groups is 1. The highest BCUT2D eigenvalue weighted by molar-refractivity contribution is 5.47. The molecule has 0 aliphatic rings. The van der Waals surface area contributed by atoms with Gasteiger partial charge in [0, 0.05) is 18.3 Å². The molecule has 2 rings (SSSR count). The maximum atomic E-state index is 13.1. The Morgan fingerprint density at radius 3 is 2.32 bits per heavy atom. The molecule has 0 spiro atoms. The zero-order chi connectivity index (χ0) is 13.8. The Kier molecular flexibility index (Phi) is 3.70. The van der Waals surface area contributed by atoms with Gasteiger partial charge in [-0.3, -0.25) is 10.1 Å². The van der Waals surface area contributed by atoms with Gasteiger partial charge in [0.25, 0.3) is 5.69 Å². The third-order valence-electron chi connectivity index (χ3n) is 2.57. The Bertz CT molecular complexity index is 600. The molecule has 0 aromatic heterocycles. The van der Waals surface area contributed by atoms with E-state index >= 15 is 0 Å². The average Bonchev–Trinajstić information content (AvgIpc) is 2.38. The van der Waals surface area contributed by atoms with Crippen molar-refractivity contribution in [1.29, 1.82) is 0 Å². The zero-order valence-corrected chi connectivity index (χ0v) is 9.77. The molecule has 0 saturated heterocycles. The fourth-order valence-electron chi connectivity index (χ4n) is 1.64. The van der Waals surface area contributed by atoms with Gasteiger partial charge in [-0.05, 0) is 36.4 Å². The van der Waals surface area contributed by atoms with E-state index in [0.717, 1.165) is 18.2 Å². The van der Waals surface area contributed by atoms with E-state index in [1.54, 1.807) is 0 Å². The normalized spacial score (nSPS) is 10.2. The van der Waals surface area contributed by atoms with Crippen LogP contribution in [0, 0.1) is 21.7 Å². The van der Waals surface area contributed by atoms with Crippen molar-refractivity contribution >= 4 is 11.4 Å². The maximum absolute atomic E-state index is 13.1. The van der Waals surface area contributed by atoms with E-state index in [1.807, 2.05) is 0 Å². The molecule has 0 saturated carbocycles. The number of benzene rings is 2. The van der Waals surface area contributed by atoms with Crippen LogP contribution in [0.25, 0.3) is 0 Å². The van der Waals surface area contributed by atoms with Gasteiger partial charge in [0.1, 0.15) is 11.6 Å². The number of hydrogen-bond acceptors (Lipinski definition) is 3. The minimum Gasteiger partial charge on any atom is -0.381 e. The second-order valence-electron chi connectivity index (χ2n) is 3.89. The van der Waals surface area contributed by atoms with Crippen molar-refractivity contribution in [3.63, 3.8) is 0 Å². The first-order chi connectivity index (χ1) is 9.06. The molecule has 1 N–H and O–H groups in total. The van der Waals surface area contributed by atoms with Gasteiger partial charge in [0.05, 0.1) is 10.5 Å². The molecule has 0 bridgehead atoms. The lowest BCUT2D eigenvalue weighted by molar-refractivity contribution is -0.385. The summed E-state index contributed by atoms with van der Waals surface area (Å²) in [7, 11) is 0. The van der Waals surface area contributed by atoms with Crippen molar-refractivity contribution in [2.24, 2.45) is 0 Å². The molecule has 0 fully saturated rings. The van der Waals surface area contributed by atoms with Crippen molar-refractivity contribution in [3.8, 4) is 0 Å². The highest BCUT2D eigenvalue weighted by atomic mass is 19.1. The smallest absolute Gasteiger partial charge is 0.274 e. The van der Waals surface area contributed by atoms with Crippen molar-refractivity contribution in [3.05, 3.63) is 69.8 Å². The van der Waals surface area contributed by atoms with Crippen LogP contribution in [0.4, 0.5) is 20.2 Å². The SMILES string of the molecule is O=[N+]([O-])c1ccc(F)cc1CNc1ccc(F)cc1. The van der Waals surface area contributed by atoms with Crippen LogP contribution in [0.15, 0.2) is 42.5 Å². The molecule has 2 aromatic rings. The van der Waals surface area contributed by atoms with Gasteiger partial charge in [0.2, 0.25) is 0 Å². The molecule has 0 atom stereocenters. The first kappa shape index (κ1) is 12.9. The Balaban J connectivity index is 2.16. The van der Waals surface area contributed by atoms with Crippen molar-refractivity contribution in [1.82, 2.24) is 0 Å². The van der Waals surface area contributed by atoms with Crippen molar-refractivity contribution in [2.75, 3.05) is 5.32 Å². The van der Waals surface area contributed by atoms with Gasteiger partial charge >= 0.3 is 0 Å². The summed E-state index contributed by atoms with van der Waals surface area (Å²) in [5, 5.41) is 13.7. The van der Waals surface area contributed by atoms with Crippen molar-refractivity contribution in [2.45, 2.75) is 6.54 Å². The predicted octanol–water partition coefficient (Wildman–Crippen LogP) is 3.49. The minimum atomic E-state index is -0.568. The van der Waals surface area contributed by atoms with Crippen LogP contribution in [-0.2, 0) is 6.54 Å². The molecule has 2 aromatic carbocycles. The third kappa shape index (κ3) is 3.25. The summed E-state index contributed by atoms with van der Waals surface area (Å²) in [6.07, 6.45) is 0. The molecule has 0 aliphatic carbocycles. The minimum absolute atomic E-state index is 0.0830. The molecule has 19 heavy (non-hydrogen) atoms. The van der Waals surface area contributed by atoms with Gasteiger partial charge in [-0.1, -0.05) is 0 Å². The summed E-state index contributed by atoms with van der Waals surface area (Å²) in [4.78, 5) is 10.2. The van der Waals surface area contributed by atoms with E-state index in [4.69, 9.17) is 0 Å². The van der Waals surface area contributed by atoms with Gasteiger partial charge in [0.15, 0.2) is 0 Å². The van der Waals surface area contributed by atoms with E-state index < -0.39 is 10.7 Å². The van der Waals surface area contributed by atoms with E-state index in [1.165, 1.54) is 24.3 Å². The molecule has 0 unspecified atom stereocenters. The molecule has 4 nitrogen and oxygen atoms in total. The number of nitrogens with zero attached hydrogens (tertiary/aromatic N) is 1. The maximum Gasteiger partial charge on any atom is 0.274 e. The Morgan fingerprint density at radius 1 is 1.05 bits per heavy atom. The number of nitro benzene ring substituents is 1. The number of halogens is 2. The summed E-state index contributed by atoms with van der Waals surface area (Å²) < 4.78 is 25.8. The van der Waals surface area contributed by atoms with Gasteiger partial charge in [-0.15, -0.1) is 0 Å². The fourth-order valence-corrected chi connectivity index (χ4v) is 1.64. The molecule has 98 valence electrons. The second-order valence-corrected chi connectivity index (χ2v) is 3.89. The summed E-state index contributed by atoms with van der Waals surface area (Å²) in [6.45, 7) is 0.0830. The lowest BCUT2D eigenvalue weighted by Crippen LogP contribution is -2.03. The quantitative estimate of drug-likeness (QED) is 0.679. The largest absolute Gasteiger partial charge is 0.381 e. The predicted molar refractivity (Wildman–Crippen MR) is 66.8 cm³/mol. The monoisotopic (exact) mass is 264 g/mol. The fraction of sp³-hybridized carbons (Fsp3) is 0.0769. The second kappa shape index (κ2) is 5.43. The Hall–Kier alpha value is -2.50. The molecule has 0 aliphatic heterocycles. The molecule has 6 heteroatoms. The first-order valence-corrected chi connectivity index (χ1v) is 5.48. The van der Waals surface area contributed by atoms with Gasteiger partial charge < -0.3 is 5.32 Å². The van der Waals surface area contributed by atoms with Crippen LogP contribution in [0.3, 0.4) is 0 Å². The summed E-state index contributed by atoms with van der Waals surface area (Å²) >= 11 is 0. The average molecular weight is 264 g/mol. The lowest BCUT2D eigenvalue weighted by atomic mass is 10.1. The number of rotatable bonds is 4. The Labute approximate surface area is 107 Å². The Morgan fingerprint density at radius 2 is 1.68 bits per heavy atom. The van der Waals surface area contributed by atoms with E-state index in [2.05, 4.69) is 5.32 Å². The van der Waals surface area contributed by atoms with Crippen LogP contribution in [-0.4, -0.2) is 4.92 Å². The van der Waals surface area contributed by atoms with E-state index in [0.29, 0.717) is 5.69 Å². The highest BCUT2D eigenvalue weighted by Crippen LogP contribution is 2.21. The molecular formula is C13H10F2N2O2. The topological polar surface area (TPSA) is 55.2 Å². The summed E-state index contributed by atoms with van der Waals surface area (Å²) in [5.41, 5.74) is 0.672. The summed E-state index contributed by atoms with van der Waals surface area (Å²) in [5.74, 6) is -0.913. The van der Waals surface area contributed by atoms with Crippen LogP contribution in [0.5, 0.6) is 0 Å². The van der Waals surface area contributed by atoms with Gasteiger partial charge in [-0.25, -0.2) is 8.78 Å². The number of nitrogens with one attached hydrogen (secondary N) is 1.